The van der Waals surface area contributed by atoms with Crippen molar-refractivity contribution in [3.63, 3.8) is 0 Å². The fourth-order valence-corrected chi connectivity index (χ4v) is 2.70. The van der Waals surface area contributed by atoms with Gasteiger partial charge >= 0.3 is 0 Å². The normalized spacial score (nSPS) is 10.2. The first-order valence-electron chi connectivity index (χ1n) is 7.19. The number of benzene rings is 2. The van der Waals surface area contributed by atoms with Gasteiger partial charge in [0.1, 0.15) is 0 Å². The first-order valence-corrected chi connectivity index (χ1v) is 7.94. The molecule has 0 aliphatic heterocycles. The highest BCUT2D eigenvalue weighted by molar-refractivity contribution is 6.37. The van der Waals surface area contributed by atoms with Gasteiger partial charge in [0.2, 0.25) is 0 Å². The predicted octanol–water partition coefficient (Wildman–Crippen LogP) is 4.00. The Kier molecular flexibility index (Phi) is 6.06. The number of methoxy groups -OCH3 is 1. The van der Waals surface area contributed by atoms with Gasteiger partial charge in [-0.15, -0.1) is 0 Å². The Labute approximate surface area is 149 Å². The van der Waals surface area contributed by atoms with Crippen molar-refractivity contribution < 1.29 is 14.3 Å². The van der Waals surface area contributed by atoms with Crippen molar-refractivity contribution >= 4 is 40.7 Å². The van der Waals surface area contributed by atoms with Crippen molar-refractivity contribution in [3.8, 4) is 5.75 Å². The van der Waals surface area contributed by atoms with Gasteiger partial charge in [-0.2, -0.15) is 0 Å². The van der Waals surface area contributed by atoms with Gasteiger partial charge in [0.05, 0.1) is 17.2 Å². The van der Waals surface area contributed by atoms with Crippen LogP contribution in [-0.2, 0) is 0 Å². The van der Waals surface area contributed by atoms with Gasteiger partial charge in [-0.05, 0) is 43.3 Å². The Balaban J connectivity index is 2.14. The lowest BCUT2D eigenvalue weighted by Gasteiger charge is -2.10. The maximum atomic E-state index is 12.3. The van der Waals surface area contributed by atoms with Gasteiger partial charge < -0.3 is 15.4 Å². The van der Waals surface area contributed by atoms with Crippen LogP contribution in [0, 0.1) is 0 Å². The molecule has 0 aliphatic rings. The zero-order valence-electron chi connectivity index (χ0n) is 13.2. The van der Waals surface area contributed by atoms with Crippen molar-refractivity contribution in [3.05, 3.63) is 57.6 Å². The largest absolute Gasteiger partial charge is 0.494 e. The second-order valence-corrected chi connectivity index (χ2v) is 5.68. The minimum atomic E-state index is -0.368. The quantitative estimate of drug-likeness (QED) is 0.839. The summed E-state index contributed by atoms with van der Waals surface area (Å²) in [4.78, 5) is 24.0. The van der Waals surface area contributed by atoms with E-state index in [1.54, 1.807) is 24.3 Å². The summed E-state index contributed by atoms with van der Waals surface area (Å²) >= 11 is 12.1. The summed E-state index contributed by atoms with van der Waals surface area (Å²) < 4.78 is 5.05. The van der Waals surface area contributed by atoms with Crippen molar-refractivity contribution in [2.45, 2.75) is 6.92 Å². The van der Waals surface area contributed by atoms with E-state index < -0.39 is 0 Å². The Morgan fingerprint density at radius 1 is 1.00 bits per heavy atom. The van der Waals surface area contributed by atoms with Crippen molar-refractivity contribution in [1.82, 2.24) is 5.32 Å². The number of hydrogen-bond acceptors (Lipinski definition) is 3. The summed E-state index contributed by atoms with van der Waals surface area (Å²) in [7, 11) is 1.45. The number of amides is 2. The molecule has 5 nitrogen and oxygen atoms in total. The molecular weight excluding hydrogens is 351 g/mol. The number of anilines is 1. The van der Waals surface area contributed by atoms with Crippen LogP contribution in [-0.4, -0.2) is 25.5 Å². The fourth-order valence-electron chi connectivity index (χ4n) is 2.06. The predicted molar refractivity (Wildman–Crippen MR) is 95.4 cm³/mol. The summed E-state index contributed by atoms with van der Waals surface area (Å²) in [6.07, 6.45) is 0. The molecule has 126 valence electrons. The molecule has 2 rings (SSSR count). The summed E-state index contributed by atoms with van der Waals surface area (Å²) in [5.41, 5.74) is 1.38. The second kappa shape index (κ2) is 8.04. The molecular formula is C17H16Cl2N2O3. The molecule has 0 saturated heterocycles. The second-order valence-electron chi connectivity index (χ2n) is 4.86. The molecule has 0 radical (unpaired) electrons. The van der Waals surface area contributed by atoms with Crippen LogP contribution in [0.2, 0.25) is 10.0 Å². The average molecular weight is 367 g/mol. The third-order valence-corrected chi connectivity index (χ3v) is 3.77. The lowest BCUT2D eigenvalue weighted by molar-refractivity contribution is 0.0955. The van der Waals surface area contributed by atoms with Crippen LogP contribution < -0.4 is 15.4 Å². The maximum absolute atomic E-state index is 12.3. The molecule has 0 aliphatic carbocycles. The summed E-state index contributed by atoms with van der Waals surface area (Å²) in [6, 6.07) is 9.52. The van der Waals surface area contributed by atoms with E-state index in [9.17, 15) is 9.59 Å². The molecule has 24 heavy (non-hydrogen) atoms. The van der Waals surface area contributed by atoms with Gasteiger partial charge in [-0.1, -0.05) is 23.2 Å². The van der Waals surface area contributed by atoms with Crippen molar-refractivity contribution in [2.24, 2.45) is 0 Å². The molecule has 7 heteroatoms. The van der Waals surface area contributed by atoms with Gasteiger partial charge in [-0.3, -0.25) is 9.59 Å². The number of nitrogens with one attached hydrogen (secondary N) is 2. The third-order valence-electron chi connectivity index (χ3n) is 3.21. The van der Waals surface area contributed by atoms with Crippen LogP contribution in [0.1, 0.15) is 27.6 Å². The molecule has 0 saturated carbocycles. The van der Waals surface area contributed by atoms with E-state index in [1.807, 2.05) is 6.92 Å². The lowest BCUT2D eigenvalue weighted by atomic mass is 10.1. The number of carbonyl (C=O) groups excluding carboxylic acids is 2. The highest BCUT2D eigenvalue weighted by Crippen LogP contribution is 2.34. The highest BCUT2D eigenvalue weighted by Gasteiger charge is 2.14. The smallest absolute Gasteiger partial charge is 0.255 e. The number of halogens is 2. The fraction of sp³-hybridized carbons (Fsp3) is 0.176. The molecule has 0 unspecified atom stereocenters. The van der Waals surface area contributed by atoms with Crippen LogP contribution in [0.25, 0.3) is 0 Å². The molecule has 2 aromatic rings. The van der Waals surface area contributed by atoms with E-state index in [0.29, 0.717) is 29.1 Å². The van der Waals surface area contributed by atoms with Gasteiger partial charge in [-0.25, -0.2) is 0 Å². The molecule has 0 fully saturated rings. The van der Waals surface area contributed by atoms with Crippen molar-refractivity contribution in [2.75, 3.05) is 19.0 Å². The molecule has 0 bridgehead atoms. The number of carbonyl (C=O) groups is 2. The van der Waals surface area contributed by atoms with Crippen LogP contribution in [0.3, 0.4) is 0 Å². The summed E-state index contributed by atoms with van der Waals surface area (Å²) in [5.74, 6) is -0.211. The molecule has 0 aromatic heterocycles. The first-order chi connectivity index (χ1) is 11.5. The molecule has 2 N–H and O–H groups in total. The van der Waals surface area contributed by atoms with Crippen LogP contribution in [0.4, 0.5) is 5.69 Å². The SMILES string of the molecule is CCNC(=O)c1ccc(NC(=O)c2cc(Cl)c(OC)c(Cl)c2)cc1. The van der Waals surface area contributed by atoms with E-state index in [0.717, 1.165) is 0 Å². The maximum Gasteiger partial charge on any atom is 0.255 e. The number of rotatable bonds is 5. The topological polar surface area (TPSA) is 67.4 Å². The Bertz CT molecular complexity index is 738. The molecule has 2 amide bonds. The zero-order valence-corrected chi connectivity index (χ0v) is 14.7. The standard InChI is InChI=1S/C17H16Cl2N2O3/c1-3-20-16(22)10-4-6-12(7-5-10)21-17(23)11-8-13(18)15(24-2)14(19)9-11/h4-9H,3H2,1-2H3,(H,20,22)(H,21,23). The molecule has 0 spiro atoms. The van der Waals surface area contributed by atoms with Gasteiger partial charge in [0, 0.05) is 23.4 Å². The molecule has 0 heterocycles. The van der Waals surface area contributed by atoms with Gasteiger partial charge in [0.15, 0.2) is 5.75 Å². The van der Waals surface area contributed by atoms with E-state index in [2.05, 4.69) is 10.6 Å². The van der Waals surface area contributed by atoms with Crippen LogP contribution in [0.15, 0.2) is 36.4 Å². The zero-order chi connectivity index (χ0) is 17.7. The van der Waals surface area contributed by atoms with Gasteiger partial charge in [0.25, 0.3) is 11.8 Å². The minimum Gasteiger partial charge on any atom is -0.494 e. The number of hydrogen-bond donors (Lipinski definition) is 2. The average Bonchev–Trinajstić information content (AvgIpc) is 2.55. The third kappa shape index (κ3) is 4.19. The lowest BCUT2D eigenvalue weighted by Crippen LogP contribution is -2.22. The molecule has 2 aromatic carbocycles. The Hall–Kier alpha value is -2.24. The van der Waals surface area contributed by atoms with E-state index >= 15 is 0 Å². The Morgan fingerprint density at radius 2 is 1.58 bits per heavy atom. The minimum absolute atomic E-state index is 0.163. The van der Waals surface area contributed by atoms with E-state index in [4.69, 9.17) is 27.9 Å². The van der Waals surface area contributed by atoms with E-state index in [-0.39, 0.29) is 21.9 Å². The number of ether oxygens (including phenoxy) is 1. The van der Waals surface area contributed by atoms with Crippen LogP contribution >= 0.6 is 23.2 Å². The first kappa shape index (κ1) is 18.1. The van der Waals surface area contributed by atoms with E-state index in [1.165, 1.54) is 19.2 Å². The monoisotopic (exact) mass is 366 g/mol. The Morgan fingerprint density at radius 3 is 2.08 bits per heavy atom. The highest BCUT2D eigenvalue weighted by atomic mass is 35.5. The van der Waals surface area contributed by atoms with Crippen molar-refractivity contribution in [1.29, 1.82) is 0 Å². The summed E-state index contributed by atoms with van der Waals surface area (Å²) in [6.45, 7) is 2.40. The summed E-state index contributed by atoms with van der Waals surface area (Å²) in [5, 5.41) is 5.93. The molecule has 0 atom stereocenters. The van der Waals surface area contributed by atoms with Crippen LogP contribution in [0.5, 0.6) is 5.75 Å².